The Morgan fingerprint density at radius 2 is 1.83 bits per heavy atom. The molecule has 5 nitrogen and oxygen atoms in total. The molecule has 1 saturated heterocycles. The lowest BCUT2D eigenvalue weighted by atomic mass is 9.79. The van der Waals surface area contributed by atoms with Crippen LogP contribution in [0.3, 0.4) is 0 Å². The maximum Gasteiger partial charge on any atom is 0.496 e. The van der Waals surface area contributed by atoms with Gasteiger partial charge in [0, 0.05) is 17.0 Å². The highest BCUT2D eigenvalue weighted by Crippen LogP contribution is 2.36. The van der Waals surface area contributed by atoms with Crippen LogP contribution in [0.5, 0.6) is 0 Å². The lowest BCUT2D eigenvalue weighted by Crippen LogP contribution is -2.41. The molecule has 0 aliphatic carbocycles. The zero-order valence-electron chi connectivity index (χ0n) is 14.0. The van der Waals surface area contributed by atoms with Crippen LogP contribution in [0.2, 0.25) is 0 Å². The summed E-state index contributed by atoms with van der Waals surface area (Å²) in [7, 11) is 0.856. The van der Waals surface area contributed by atoms with Gasteiger partial charge in [-0.3, -0.25) is 4.98 Å². The zero-order valence-corrected chi connectivity index (χ0v) is 14.0. The van der Waals surface area contributed by atoms with Crippen LogP contribution < -0.4 is 5.46 Å². The van der Waals surface area contributed by atoms with Crippen molar-refractivity contribution in [2.75, 3.05) is 7.11 Å². The minimum absolute atomic E-state index is 0.386. The number of rotatable bonds is 2. The Hall–Kier alpha value is -1.92. The Labute approximate surface area is 136 Å². The Morgan fingerprint density at radius 3 is 2.43 bits per heavy atom. The van der Waals surface area contributed by atoms with E-state index in [2.05, 4.69) is 4.98 Å². The molecule has 0 bridgehead atoms. The van der Waals surface area contributed by atoms with Gasteiger partial charge < -0.3 is 14.0 Å². The highest BCUT2D eigenvalue weighted by atomic mass is 16.7. The standard InChI is InChI=1S/C17H20BNO4/c1-16(2)17(3,4)23-18(22-16)11-9-13-12(15(20)21-5)7-6-8-14(13)19-10-11/h6-10H,1-5H3. The van der Waals surface area contributed by atoms with Crippen molar-refractivity contribution in [3.8, 4) is 0 Å². The SMILES string of the molecule is COC(=O)c1cccc2ncc(B3OC(C)(C)C(C)(C)O3)cc12. The van der Waals surface area contributed by atoms with E-state index in [4.69, 9.17) is 14.0 Å². The number of pyridine rings is 1. The molecule has 1 aliphatic heterocycles. The molecule has 0 radical (unpaired) electrons. The van der Waals surface area contributed by atoms with Crippen LogP contribution in [0.4, 0.5) is 0 Å². The summed E-state index contributed by atoms with van der Waals surface area (Å²) >= 11 is 0. The number of esters is 1. The number of benzene rings is 1. The Kier molecular flexibility index (Phi) is 3.69. The van der Waals surface area contributed by atoms with Crippen LogP contribution in [-0.4, -0.2) is 36.4 Å². The number of ether oxygens (including phenoxy) is 1. The van der Waals surface area contributed by atoms with Crippen LogP contribution in [0.15, 0.2) is 30.5 Å². The molecule has 0 spiro atoms. The quantitative estimate of drug-likeness (QED) is 0.629. The first-order chi connectivity index (χ1) is 10.7. The number of fused-ring (bicyclic) bond motifs is 1. The van der Waals surface area contributed by atoms with E-state index in [9.17, 15) is 4.79 Å². The number of carbonyl (C=O) groups excluding carboxylic acids is 1. The first kappa shape index (κ1) is 16.0. The molecule has 0 amide bonds. The lowest BCUT2D eigenvalue weighted by molar-refractivity contribution is 0.00578. The minimum atomic E-state index is -0.511. The molecule has 23 heavy (non-hydrogen) atoms. The third-order valence-corrected chi connectivity index (χ3v) is 4.68. The van der Waals surface area contributed by atoms with Crippen LogP contribution in [0.25, 0.3) is 10.9 Å². The van der Waals surface area contributed by atoms with E-state index < -0.39 is 18.3 Å². The van der Waals surface area contributed by atoms with Crippen LogP contribution in [0, 0.1) is 0 Å². The minimum Gasteiger partial charge on any atom is -0.465 e. The normalized spacial score (nSPS) is 19.1. The van der Waals surface area contributed by atoms with E-state index in [1.54, 1.807) is 18.3 Å². The average molecular weight is 313 g/mol. The highest BCUT2D eigenvalue weighted by Gasteiger charge is 2.51. The summed E-state index contributed by atoms with van der Waals surface area (Å²) in [6.45, 7) is 8.01. The predicted molar refractivity (Wildman–Crippen MR) is 88.8 cm³/mol. The second-order valence-electron chi connectivity index (χ2n) is 6.72. The lowest BCUT2D eigenvalue weighted by Gasteiger charge is -2.32. The van der Waals surface area contributed by atoms with Gasteiger partial charge in [0.2, 0.25) is 0 Å². The fourth-order valence-electron chi connectivity index (χ4n) is 2.56. The van der Waals surface area contributed by atoms with Gasteiger partial charge in [-0.2, -0.15) is 0 Å². The Morgan fingerprint density at radius 1 is 1.17 bits per heavy atom. The highest BCUT2D eigenvalue weighted by molar-refractivity contribution is 6.62. The van der Waals surface area contributed by atoms with Crippen LogP contribution in [0.1, 0.15) is 38.1 Å². The van der Waals surface area contributed by atoms with Gasteiger partial charge in [0.1, 0.15) is 0 Å². The Balaban J connectivity index is 2.06. The predicted octanol–water partition coefficient (Wildman–Crippen LogP) is 2.32. The molecular formula is C17H20BNO4. The van der Waals surface area contributed by atoms with Crippen molar-refractivity contribution < 1.29 is 18.8 Å². The van der Waals surface area contributed by atoms with Gasteiger partial charge in [-0.25, -0.2) is 4.79 Å². The summed E-state index contributed by atoms with van der Waals surface area (Å²) in [5.41, 5.74) is 1.15. The Bertz CT molecular complexity index is 756. The van der Waals surface area contributed by atoms with Crippen LogP contribution in [-0.2, 0) is 14.0 Å². The van der Waals surface area contributed by atoms with Gasteiger partial charge in [-0.1, -0.05) is 12.1 Å². The van der Waals surface area contributed by atoms with Gasteiger partial charge in [0.15, 0.2) is 0 Å². The van der Waals surface area contributed by atoms with Gasteiger partial charge in [0.05, 0.1) is 29.4 Å². The third kappa shape index (κ3) is 2.62. The summed E-state index contributed by atoms with van der Waals surface area (Å²) in [5, 5.41) is 0.728. The van der Waals surface area contributed by atoms with Gasteiger partial charge in [-0.05, 0) is 39.8 Å². The van der Waals surface area contributed by atoms with E-state index >= 15 is 0 Å². The second-order valence-corrected chi connectivity index (χ2v) is 6.72. The molecule has 1 aliphatic rings. The molecule has 1 aromatic heterocycles. The number of carbonyl (C=O) groups is 1. The molecule has 1 aromatic carbocycles. The maximum absolute atomic E-state index is 12.0. The van der Waals surface area contributed by atoms with Crippen LogP contribution >= 0.6 is 0 Å². The molecule has 1 fully saturated rings. The number of aromatic nitrogens is 1. The van der Waals surface area contributed by atoms with Crippen molar-refractivity contribution in [1.29, 1.82) is 0 Å². The number of methoxy groups -OCH3 is 1. The average Bonchev–Trinajstić information content (AvgIpc) is 2.73. The fraction of sp³-hybridized carbons (Fsp3) is 0.412. The molecule has 0 atom stereocenters. The van der Waals surface area contributed by atoms with Gasteiger partial charge >= 0.3 is 13.1 Å². The number of hydrogen-bond donors (Lipinski definition) is 0. The number of nitrogens with zero attached hydrogens (tertiary/aromatic N) is 1. The molecule has 120 valence electrons. The van der Waals surface area contributed by atoms with E-state index in [1.807, 2.05) is 39.8 Å². The molecule has 0 unspecified atom stereocenters. The van der Waals surface area contributed by atoms with Gasteiger partial charge in [-0.15, -0.1) is 0 Å². The summed E-state index contributed by atoms with van der Waals surface area (Å²) < 4.78 is 16.9. The smallest absolute Gasteiger partial charge is 0.465 e. The van der Waals surface area contributed by atoms with E-state index in [0.29, 0.717) is 5.56 Å². The maximum atomic E-state index is 12.0. The third-order valence-electron chi connectivity index (χ3n) is 4.68. The van der Waals surface area contributed by atoms with Crippen molar-refractivity contribution >= 4 is 29.5 Å². The van der Waals surface area contributed by atoms with Crippen molar-refractivity contribution in [1.82, 2.24) is 4.98 Å². The monoisotopic (exact) mass is 313 g/mol. The molecule has 2 aromatic rings. The number of hydrogen-bond acceptors (Lipinski definition) is 5. The first-order valence-electron chi connectivity index (χ1n) is 7.58. The molecule has 6 heteroatoms. The zero-order chi connectivity index (χ0) is 16.8. The molecule has 3 rings (SSSR count). The fourth-order valence-corrected chi connectivity index (χ4v) is 2.56. The summed E-state index contributed by atoms with van der Waals surface area (Å²) in [5.74, 6) is -0.386. The van der Waals surface area contributed by atoms with Crippen molar-refractivity contribution in [3.63, 3.8) is 0 Å². The van der Waals surface area contributed by atoms with E-state index in [1.165, 1.54) is 7.11 Å². The van der Waals surface area contributed by atoms with Gasteiger partial charge in [0.25, 0.3) is 0 Å². The molecule has 2 heterocycles. The van der Waals surface area contributed by atoms with E-state index in [-0.39, 0.29) is 5.97 Å². The van der Waals surface area contributed by atoms with Crippen molar-refractivity contribution in [2.24, 2.45) is 0 Å². The topological polar surface area (TPSA) is 57.7 Å². The molecule has 0 saturated carbocycles. The summed E-state index contributed by atoms with van der Waals surface area (Å²) in [4.78, 5) is 16.4. The molecular weight excluding hydrogens is 293 g/mol. The van der Waals surface area contributed by atoms with E-state index in [0.717, 1.165) is 16.4 Å². The summed E-state index contributed by atoms with van der Waals surface area (Å²) in [6.07, 6.45) is 1.73. The summed E-state index contributed by atoms with van der Waals surface area (Å²) in [6, 6.07) is 7.26. The second kappa shape index (κ2) is 5.32. The largest absolute Gasteiger partial charge is 0.496 e. The van der Waals surface area contributed by atoms with Crippen molar-refractivity contribution in [2.45, 2.75) is 38.9 Å². The van der Waals surface area contributed by atoms with Crippen molar-refractivity contribution in [3.05, 3.63) is 36.0 Å². The first-order valence-corrected chi connectivity index (χ1v) is 7.58. The molecule has 0 N–H and O–H groups in total.